The molecule has 0 saturated carbocycles. The van der Waals surface area contributed by atoms with Crippen LogP contribution >= 0.6 is 11.8 Å². The second-order valence-corrected chi connectivity index (χ2v) is 5.43. The van der Waals surface area contributed by atoms with Crippen molar-refractivity contribution in [3.8, 4) is 0 Å². The highest BCUT2D eigenvalue weighted by Crippen LogP contribution is 2.29. The molecule has 94 valence electrons. The number of rotatable bonds is 2. The molecule has 0 saturated heterocycles. The van der Waals surface area contributed by atoms with Gasteiger partial charge in [0.25, 0.3) is 5.91 Å². The van der Waals surface area contributed by atoms with Crippen molar-refractivity contribution in [2.75, 3.05) is 4.90 Å². The van der Waals surface area contributed by atoms with Crippen molar-refractivity contribution >= 4 is 29.1 Å². The molecule has 1 aliphatic heterocycles. The summed E-state index contributed by atoms with van der Waals surface area (Å²) in [5.74, 6) is -0.272. The smallest absolute Gasteiger partial charge is 0.252 e. The molecule has 3 nitrogen and oxygen atoms in total. The average Bonchev–Trinajstić information content (AvgIpc) is 2.30. The minimum Gasteiger partial charge on any atom is -0.298 e. The molecule has 1 atom stereocenters. The molecule has 0 fully saturated rings. The highest BCUT2D eigenvalue weighted by molar-refractivity contribution is 8.04. The van der Waals surface area contributed by atoms with E-state index in [-0.39, 0.29) is 11.7 Å². The van der Waals surface area contributed by atoms with Crippen molar-refractivity contribution in [3.05, 3.63) is 40.9 Å². The average molecular weight is 261 g/mol. The number of carbonyl (C=O) groups is 2. The molecule has 18 heavy (non-hydrogen) atoms. The molecular formula is C14H15NO2S. The summed E-state index contributed by atoms with van der Waals surface area (Å²) in [5, 5.41) is 1.18. The minimum atomic E-state index is -0.615. The molecule has 0 N–H and O–H groups in total. The van der Waals surface area contributed by atoms with Gasteiger partial charge in [0.15, 0.2) is 5.78 Å². The van der Waals surface area contributed by atoms with Gasteiger partial charge in [-0.25, -0.2) is 0 Å². The molecule has 4 heteroatoms. The highest BCUT2D eigenvalue weighted by atomic mass is 32.2. The Hall–Kier alpha value is -1.55. The fourth-order valence-electron chi connectivity index (χ4n) is 1.98. The summed E-state index contributed by atoms with van der Waals surface area (Å²) >= 11 is 1.27. The Morgan fingerprint density at radius 2 is 2.06 bits per heavy atom. The Morgan fingerprint density at radius 3 is 2.67 bits per heavy atom. The minimum absolute atomic E-state index is 0.107. The second-order valence-electron chi connectivity index (χ2n) is 4.41. The predicted octanol–water partition coefficient (Wildman–Crippen LogP) is 2.81. The molecule has 1 heterocycles. The molecule has 1 unspecified atom stereocenters. The van der Waals surface area contributed by atoms with Crippen LogP contribution in [0.5, 0.6) is 0 Å². The Labute approximate surface area is 111 Å². The molecule has 0 bridgehead atoms. The van der Waals surface area contributed by atoms with Crippen LogP contribution in [0.25, 0.3) is 0 Å². The van der Waals surface area contributed by atoms with Crippen LogP contribution in [-0.2, 0) is 9.59 Å². The first-order valence-electron chi connectivity index (χ1n) is 5.73. The molecule has 1 aromatic carbocycles. The van der Waals surface area contributed by atoms with Crippen LogP contribution in [0.3, 0.4) is 0 Å². The Kier molecular flexibility index (Phi) is 3.57. The normalized spacial score (nSPS) is 19.2. The summed E-state index contributed by atoms with van der Waals surface area (Å²) < 4.78 is 0. The van der Waals surface area contributed by atoms with Gasteiger partial charge in [0.05, 0.1) is 5.69 Å². The maximum absolute atomic E-state index is 12.2. The van der Waals surface area contributed by atoms with E-state index >= 15 is 0 Å². The Balaban J connectivity index is 2.38. The molecule has 0 aliphatic carbocycles. The van der Waals surface area contributed by atoms with Gasteiger partial charge in [-0.2, -0.15) is 0 Å². The van der Waals surface area contributed by atoms with Gasteiger partial charge < -0.3 is 0 Å². The first kappa shape index (κ1) is 12.9. The van der Waals surface area contributed by atoms with E-state index in [0.29, 0.717) is 0 Å². The lowest BCUT2D eigenvalue weighted by atomic mass is 10.1. The number of aryl methyl sites for hydroxylation is 2. The van der Waals surface area contributed by atoms with Crippen LogP contribution in [-0.4, -0.2) is 16.9 Å². The number of Topliss-reactive ketones (excluding diaryl/α,β-unsaturated/α-hetero) is 1. The number of hydrogen-bond acceptors (Lipinski definition) is 3. The standard InChI is InChI=1S/C14H15NO2S/c1-9-4-5-12(10(2)8-9)15-6-7-18-13(11(3)16)14(15)17/h4-8,13H,1-3H3. The van der Waals surface area contributed by atoms with E-state index in [1.165, 1.54) is 18.7 Å². The van der Waals surface area contributed by atoms with Gasteiger partial charge in [0.1, 0.15) is 5.25 Å². The third-order valence-electron chi connectivity index (χ3n) is 2.87. The number of hydrogen-bond donors (Lipinski definition) is 0. The number of thioether (sulfide) groups is 1. The van der Waals surface area contributed by atoms with Gasteiger partial charge in [-0.1, -0.05) is 17.7 Å². The first-order chi connectivity index (χ1) is 8.50. The molecule has 1 aliphatic rings. The fraction of sp³-hybridized carbons (Fsp3) is 0.286. The van der Waals surface area contributed by atoms with Crippen molar-refractivity contribution in [3.63, 3.8) is 0 Å². The lowest BCUT2D eigenvalue weighted by Crippen LogP contribution is -2.39. The van der Waals surface area contributed by atoms with E-state index in [0.717, 1.165) is 16.8 Å². The Bertz CT molecular complexity index is 537. The molecule has 1 aromatic rings. The van der Waals surface area contributed by atoms with Crippen LogP contribution in [0.4, 0.5) is 5.69 Å². The largest absolute Gasteiger partial charge is 0.298 e. The van der Waals surface area contributed by atoms with Crippen molar-refractivity contribution in [2.45, 2.75) is 26.0 Å². The van der Waals surface area contributed by atoms with Crippen LogP contribution in [0, 0.1) is 13.8 Å². The van der Waals surface area contributed by atoms with E-state index in [9.17, 15) is 9.59 Å². The summed E-state index contributed by atoms with van der Waals surface area (Å²) in [5.41, 5.74) is 3.03. The summed E-state index contributed by atoms with van der Waals surface area (Å²) in [6, 6.07) is 5.91. The molecular weight excluding hydrogens is 246 g/mol. The number of carbonyl (C=O) groups excluding carboxylic acids is 2. The van der Waals surface area contributed by atoms with Crippen molar-refractivity contribution in [1.29, 1.82) is 0 Å². The third-order valence-corrected chi connectivity index (χ3v) is 3.95. The quantitative estimate of drug-likeness (QED) is 0.768. The zero-order valence-electron chi connectivity index (χ0n) is 10.6. The monoisotopic (exact) mass is 261 g/mol. The van der Waals surface area contributed by atoms with Gasteiger partial charge in [-0.15, -0.1) is 11.8 Å². The van der Waals surface area contributed by atoms with E-state index < -0.39 is 5.25 Å². The zero-order valence-corrected chi connectivity index (χ0v) is 11.5. The summed E-state index contributed by atoms with van der Waals surface area (Å²) in [6.07, 6.45) is 1.73. The van der Waals surface area contributed by atoms with Gasteiger partial charge in [0.2, 0.25) is 0 Å². The topological polar surface area (TPSA) is 37.4 Å². The predicted molar refractivity (Wildman–Crippen MR) is 74.6 cm³/mol. The maximum Gasteiger partial charge on any atom is 0.252 e. The van der Waals surface area contributed by atoms with Gasteiger partial charge >= 0.3 is 0 Å². The third kappa shape index (κ3) is 2.34. The van der Waals surface area contributed by atoms with Crippen LogP contribution in [0.15, 0.2) is 29.8 Å². The Morgan fingerprint density at radius 1 is 1.33 bits per heavy atom. The van der Waals surface area contributed by atoms with Crippen LogP contribution < -0.4 is 4.90 Å². The maximum atomic E-state index is 12.2. The van der Waals surface area contributed by atoms with Crippen molar-refractivity contribution in [1.82, 2.24) is 0 Å². The second kappa shape index (κ2) is 4.98. The molecule has 2 rings (SSSR count). The SMILES string of the molecule is CC(=O)C1SC=CN(c2ccc(C)cc2C)C1=O. The fourth-order valence-corrected chi connectivity index (χ4v) is 2.75. The summed E-state index contributed by atoms with van der Waals surface area (Å²) in [7, 11) is 0. The van der Waals surface area contributed by atoms with Gasteiger partial charge in [-0.05, 0) is 37.8 Å². The number of nitrogens with zero attached hydrogens (tertiary/aromatic N) is 1. The number of ketones is 1. The van der Waals surface area contributed by atoms with Gasteiger partial charge in [-0.3, -0.25) is 14.5 Å². The zero-order chi connectivity index (χ0) is 13.3. The van der Waals surface area contributed by atoms with Crippen LogP contribution in [0.2, 0.25) is 0 Å². The number of benzene rings is 1. The summed E-state index contributed by atoms with van der Waals surface area (Å²) in [4.78, 5) is 25.2. The van der Waals surface area contributed by atoms with Crippen LogP contribution in [0.1, 0.15) is 18.1 Å². The highest BCUT2D eigenvalue weighted by Gasteiger charge is 2.31. The van der Waals surface area contributed by atoms with E-state index in [1.807, 2.05) is 32.0 Å². The number of anilines is 1. The van der Waals surface area contributed by atoms with Gasteiger partial charge in [0, 0.05) is 6.20 Å². The van der Waals surface area contributed by atoms with E-state index in [1.54, 1.807) is 16.5 Å². The molecule has 1 amide bonds. The molecule has 0 radical (unpaired) electrons. The molecule has 0 aromatic heterocycles. The molecule has 0 spiro atoms. The van der Waals surface area contributed by atoms with E-state index in [2.05, 4.69) is 0 Å². The number of amides is 1. The first-order valence-corrected chi connectivity index (χ1v) is 6.68. The lowest BCUT2D eigenvalue weighted by molar-refractivity contribution is -0.124. The van der Waals surface area contributed by atoms with E-state index in [4.69, 9.17) is 0 Å². The summed E-state index contributed by atoms with van der Waals surface area (Å²) in [6.45, 7) is 5.43. The lowest BCUT2D eigenvalue weighted by Gasteiger charge is -2.27. The van der Waals surface area contributed by atoms with Crippen molar-refractivity contribution < 1.29 is 9.59 Å². The van der Waals surface area contributed by atoms with Crippen molar-refractivity contribution in [2.24, 2.45) is 0 Å².